The maximum Gasteiger partial charge on any atom is 0.0594 e. The molecule has 0 aliphatic carbocycles. The van der Waals surface area contributed by atoms with E-state index < -0.39 is 0 Å². The van der Waals surface area contributed by atoms with Gasteiger partial charge in [0.25, 0.3) is 0 Å². The van der Waals surface area contributed by atoms with Crippen LogP contribution in [-0.2, 0) is 9.47 Å². The molecule has 0 saturated carbocycles. The third-order valence-electron chi connectivity index (χ3n) is 3.42. The van der Waals surface area contributed by atoms with Crippen LogP contribution in [0.2, 0.25) is 0 Å². The van der Waals surface area contributed by atoms with Crippen molar-refractivity contribution in [1.82, 2.24) is 4.90 Å². The molecule has 110 valence electrons. The standard InChI is InChI=1S/C13H27NO2.C2H6/c1-3-13(12-15-2)6-4-5-7-14-8-10-16-11-9-14;1-2/h13H,3-12H2,1-2H3;1-2H3. The average molecular weight is 259 g/mol. The lowest BCUT2D eigenvalue weighted by Gasteiger charge is -2.26. The highest BCUT2D eigenvalue weighted by Gasteiger charge is 2.10. The zero-order valence-corrected chi connectivity index (χ0v) is 12.9. The van der Waals surface area contributed by atoms with E-state index in [1.165, 1.54) is 32.2 Å². The smallest absolute Gasteiger partial charge is 0.0594 e. The highest BCUT2D eigenvalue weighted by Crippen LogP contribution is 2.13. The maximum absolute atomic E-state index is 5.34. The summed E-state index contributed by atoms with van der Waals surface area (Å²) in [5.41, 5.74) is 0. The van der Waals surface area contributed by atoms with Crippen LogP contribution in [-0.4, -0.2) is 51.5 Å². The molecule has 1 heterocycles. The van der Waals surface area contributed by atoms with E-state index in [1.54, 1.807) is 7.11 Å². The summed E-state index contributed by atoms with van der Waals surface area (Å²) in [5.74, 6) is 0.759. The van der Waals surface area contributed by atoms with Gasteiger partial charge in [-0.15, -0.1) is 0 Å². The molecule has 0 radical (unpaired) electrons. The Labute approximate surface area is 114 Å². The Morgan fingerprint density at radius 1 is 1.17 bits per heavy atom. The van der Waals surface area contributed by atoms with Gasteiger partial charge in [-0.05, 0) is 25.3 Å². The van der Waals surface area contributed by atoms with Gasteiger partial charge in [-0.3, -0.25) is 4.90 Å². The first kappa shape index (κ1) is 17.9. The van der Waals surface area contributed by atoms with E-state index in [-0.39, 0.29) is 0 Å². The lowest BCUT2D eigenvalue weighted by Crippen LogP contribution is -2.36. The van der Waals surface area contributed by atoms with Crippen LogP contribution in [0.5, 0.6) is 0 Å². The van der Waals surface area contributed by atoms with Crippen LogP contribution in [0.1, 0.15) is 46.5 Å². The van der Waals surface area contributed by atoms with E-state index in [9.17, 15) is 0 Å². The molecule has 1 rings (SSSR count). The summed E-state index contributed by atoms with van der Waals surface area (Å²) in [4.78, 5) is 2.51. The Kier molecular flexibility index (Phi) is 13.2. The fourth-order valence-corrected chi connectivity index (χ4v) is 2.23. The highest BCUT2D eigenvalue weighted by molar-refractivity contribution is 4.63. The van der Waals surface area contributed by atoms with Crippen molar-refractivity contribution in [3.05, 3.63) is 0 Å². The maximum atomic E-state index is 5.34. The molecule has 3 heteroatoms. The van der Waals surface area contributed by atoms with Gasteiger partial charge in [0, 0.05) is 26.8 Å². The van der Waals surface area contributed by atoms with Gasteiger partial charge in [-0.25, -0.2) is 0 Å². The predicted molar refractivity (Wildman–Crippen MR) is 78.1 cm³/mol. The lowest BCUT2D eigenvalue weighted by atomic mass is 10.00. The van der Waals surface area contributed by atoms with Crippen LogP contribution >= 0.6 is 0 Å². The summed E-state index contributed by atoms with van der Waals surface area (Å²) in [5, 5.41) is 0. The molecule has 1 aliphatic rings. The van der Waals surface area contributed by atoms with Crippen molar-refractivity contribution in [3.63, 3.8) is 0 Å². The Bertz CT molecular complexity index is 152. The number of rotatable bonds is 8. The van der Waals surface area contributed by atoms with Gasteiger partial charge >= 0.3 is 0 Å². The van der Waals surface area contributed by atoms with Crippen LogP contribution in [0.4, 0.5) is 0 Å². The summed E-state index contributed by atoms with van der Waals surface area (Å²) < 4.78 is 10.6. The molecule has 1 atom stereocenters. The molecule has 3 nitrogen and oxygen atoms in total. The number of nitrogens with zero attached hydrogens (tertiary/aromatic N) is 1. The van der Waals surface area contributed by atoms with E-state index >= 15 is 0 Å². The first-order valence-corrected chi connectivity index (χ1v) is 7.65. The fraction of sp³-hybridized carbons (Fsp3) is 1.00. The van der Waals surface area contributed by atoms with Crippen LogP contribution in [0.25, 0.3) is 0 Å². The SMILES string of the molecule is CC.CCC(CCCCN1CCOCC1)COC. The average Bonchev–Trinajstić information content (AvgIpc) is 2.45. The van der Waals surface area contributed by atoms with E-state index in [4.69, 9.17) is 9.47 Å². The van der Waals surface area contributed by atoms with Crippen molar-refractivity contribution < 1.29 is 9.47 Å². The Morgan fingerprint density at radius 3 is 2.39 bits per heavy atom. The first-order valence-electron chi connectivity index (χ1n) is 7.65. The summed E-state index contributed by atoms with van der Waals surface area (Å²) in [6.45, 7) is 12.5. The number of morpholine rings is 1. The lowest BCUT2D eigenvalue weighted by molar-refractivity contribution is 0.0368. The van der Waals surface area contributed by atoms with Gasteiger partial charge in [0.2, 0.25) is 0 Å². The van der Waals surface area contributed by atoms with Gasteiger partial charge in [0.1, 0.15) is 0 Å². The van der Waals surface area contributed by atoms with E-state index in [0.29, 0.717) is 0 Å². The van der Waals surface area contributed by atoms with Gasteiger partial charge < -0.3 is 9.47 Å². The van der Waals surface area contributed by atoms with Crippen LogP contribution in [0.3, 0.4) is 0 Å². The third-order valence-corrected chi connectivity index (χ3v) is 3.42. The fourth-order valence-electron chi connectivity index (χ4n) is 2.23. The molecule has 18 heavy (non-hydrogen) atoms. The minimum atomic E-state index is 0.759. The molecule has 0 N–H and O–H groups in total. The number of methoxy groups -OCH3 is 1. The Morgan fingerprint density at radius 2 is 1.83 bits per heavy atom. The molecule has 0 amide bonds. The van der Waals surface area contributed by atoms with Crippen LogP contribution < -0.4 is 0 Å². The molecule has 0 aromatic rings. The zero-order chi connectivity index (χ0) is 13.6. The molecule has 1 saturated heterocycles. The van der Waals surface area contributed by atoms with Crippen molar-refractivity contribution >= 4 is 0 Å². The first-order chi connectivity index (χ1) is 8.86. The topological polar surface area (TPSA) is 21.7 Å². The largest absolute Gasteiger partial charge is 0.384 e. The summed E-state index contributed by atoms with van der Waals surface area (Å²) >= 11 is 0. The molecule has 0 spiro atoms. The highest BCUT2D eigenvalue weighted by atomic mass is 16.5. The minimum absolute atomic E-state index is 0.759. The van der Waals surface area contributed by atoms with Crippen LogP contribution in [0, 0.1) is 5.92 Å². The van der Waals surface area contributed by atoms with Crippen molar-refractivity contribution in [2.45, 2.75) is 46.5 Å². The second-order valence-corrected chi connectivity index (χ2v) is 4.68. The van der Waals surface area contributed by atoms with E-state index in [1.807, 2.05) is 13.8 Å². The third kappa shape index (κ3) is 8.90. The van der Waals surface area contributed by atoms with Crippen molar-refractivity contribution in [2.75, 3.05) is 46.6 Å². The van der Waals surface area contributed by atoms with Crippen molar-refractivity contribution in [3.8, 4) is 0 Å². The molecule has 1 fully saturated rings. The van der Waals surface area contributed by atoms with Crippen LogP contribution in [0.15, 0.2) is 0 Å². The van der Waals surface area contributed by atoms with E-state index in [0.717, 1.165) is 38.8 Å². The van der Waals surface area contributed by atoms with Gasteiger partial charge in [-0.2, -0.15) is 0 Å². The molecule has 0 aromatic heterocycles. The quantitative estimate of drug-likeness (QED) is 0.625. The molecule has 0 aromatic carbocycles. The van der Waals surface area contributed by atoms with Gasteiger partial charge in [0.15, 0.2) is 0 Å². The summed E-state index contributed by atoms with van der Waals surface area (Å²) in [7, 11) is 1.80. The van der Waals surface area contributed by atoms with E-state index in [2.05, 4.69) is 11.8 Å². The van der Waals surface area contributed by atoms with Gasteiger partial charge in [0.05, 0.1) is 13.2 Å². The zero-order valence-electron chi connectivity index (χ0n) is 12.9. The van der Waals surface area contributed by atoms with Crippen molar-refractivity contribution in [1.29, 1.82) is 0 Å². The second kappa shape index (κ2) is 13.3. The summed E-state index contributed by atoms with van der Waals surface area (Å²) in [6, 6.07) is 0. The second-order valence-electron chi connectivity index (χ2n) is 4.68. The molecule has 1 unspecified atom stereocenters. The Balaban J connectivity index is 0.00000137. The number of hydrogen-bond acceptors (Lipinski definition) is 3. The molecular weight excluding hydrogens is 226 g/mol. The normalized spacial score (nSPS) is 18.0. The minimum Gasteiger partial charge on any atom is -0.384 e. The van der Waals surface area contributed by atoms with Crippen molar-refractivity contribution in [2.24, 2.45) is 5.92 Å². The molecule has 1 aliphatic heterocycles. The number of hydrogen-bond donors (Lipinski definition) is 0. The number of unbranched alkanes of at least 4 members (excludes halogenated alkanes) is 1. The summed E-state index contributed by atoms with van der Waals surface area (Å²) in [6.07, 6.45) is 5.21. The number of ether oxygens (including phenoxy) is 2. The monoisotopic (exact) mass is 259 g/mol. The predicted octanol–water partition coefficient (Wildman–Crippen LogP) is 3.19. The van der Waals surface area contributed by atoms with Gasteiger partial charge in [-0.1, -0.05) is 33.6 Å². The molecular formula is C15H33NO2. The Hall–Kier alpha value is -0.120. The molecule has 0 bridgehead atoms.